The number of amidine groups is 1. The summed E-state index contributed by atoms with van der Waals surface area (Å²) in [5.41, 5.74) is 0.588. The van der Waals surface area contributed by atoms with Gasteiger partial charge in [-0.1, -0.05) is 23.7 Å². The second-order valence-corrected chi connectivity index (χ2v) is 6.47. The average Bonchev–Trinajstić information content (AvgIpc) is 2.81. The Morgan fingerprint density at radius 2 is 2.04 bits per heavy atom. The minimum Gasteiger partial charge on any atom is -0.507 e. The number of phenolic OH excluding ortho intramolecular Hbond substituents is 1. The third-order valence-corrected chi connectivity index (χ3v) is 4.64. The number of likely N-dealkylation sites (N-methyl/N-ethyl adjacent to an activating group) is 1. The predicted molar refractivity (Wildman–Crippen MR) is 94.9 cm³/mol. The van der Waals surface area contributed by atoms with Crippen molar-refractivity contribution in [2.45, 2.75) is 0 Å². The third kappa shape index (κ3) is 3.29. The highest BCUT2D eigenvalue weighted by molar-refractivity contribution is 8.18. The van der Waals surface area contributed by atoms with Crippen molar-refractivity contribution in [3.63, 3.8) is 0 Å². The number of rotatable bonds is 2. The molecule has 1 aliphatic heterocycles. The van der Waals surface area contributed by atoms with Gasteiger partial charge >= 0.3 is 0 Å². The van der Waals surface area contributed by atoms with E-state index < -0.39 is 5.82 Å². The van der Waals surface area contributed by atoms with E-state index in [2.05, 4.69) is 4.99 Å². The van der Waals surface area contributed by atoms with Gasteiger partial charge in [0.2, 0.25) is 0 Å². The fraction of sp³-hybridized carbons (Fsp3) is 0.0588. The zero-order valence-electron chi connectivity index (χ0n) is 12.5. The molecule has 1 heterocycles. The van der Waals surface area contributed by atoms with E-state index in [0.717, 1.165) is 11.8 Å². The number of amides is 1. The molecular weight excluding hydrogens is 351 g/mol. The Hall–Kier alpha value is -2.31. The molecule has 1 fully saturated rings. The first-order chi connectivity index (χ1) is 11.5. The van der Waals surface area contributed by atoms with Crippen LogP contribution in [-0.2, 0) is 4.79 Å². The zero-order chi connectivity index (χ0) is 17.3. The van der Waals surface area contributed by atoms with Crippen molar-refractivity contribution < 1.29 is 14.3 Å². The minimum atomic E-state index is -0.462. The number of nitrogens with zero attached hydrogens (tertiary/aromatic N) is 2. The van der Waals surface area contributed by atoms with Crippen LogP contribution in [0.4, 0.5) is 10.1 Å². The number of aliphatic imine (C=N–C) groups is 1. The largest absolute Gasteiger partial charge is 0.507 e. The summed E-state index contributed by atoms with van der Waals surface area (Å²) < 4.78 is 13.7. The van der Waals surface area contributed by atoms with Gasteiger partial charge in [0.05, 0.1) is 4.91 Å². The number of carbonyl (C=O) groups excluding carboxylic acids is 1. The molecule has 0 aromatic heterocycles. The van der Waals surface area contributed by atoms with E-state index in [4.69, 9.17) is 11.6 Å². The summed E-state index contributed by atoms with van der Waals surface area (Å²) in [5.74, 6) is -0.728. The molecule has 1 aliphatic rings. The maximum atomic E-state index is 13.7. The van der Waals surface area contributed by atoms with Crippen molar-refractivity contribution in [3.8, 4) is 5.75 Å². The molecule has 1 N–H and O–H groups in total. The Morgan fingerprint density at radius 3 is 2.79 bits per heavy atom. The van der Waals surface area contributed by atoms with E-state index >= 15 is 0 Å². The molecule has 0 bridgehead atoms. The van der Waals surface area contributed by atoms with Gasteiger partial charge in [-0.2, -0.15) is 0 Å². The van der Waals surface area contributed by atoms with Gasteiger partial charge < -0.3 is 5.11 Å². The number of para-hydroxylation sites is 1. The van der Waals surface area contributed by atoms with E-state index in [1.807, 2.05) is 0 Å². The molecule has 0 radical (unpaired) electrons. The molecule has 2 aromatic carbocycles. The first-order valence-corrected chi connectivity index (χ1v) is 8.14. The zero-order valence-corrected chi connectivity index (χ0v) is 14.1. The lowest BCUT2D eigenvalue weighted by molar-refractivity contribution is -0.121. The smallest absolute Gasteiger partial charge is 0.266 e. The number of thioether (sulfide) groups is 1. The van der Waals surface area contributed by atoms with Crippen molar-refractivity contribution in [3.05, 3.63) is 63.8 Å². The molecule has 0 atom stereocenters. The van der Waals surface area contributed by atoms with Crippen LogP contribution in [0.5, 0.6) is 5.75 Å². The molecule has 0 aliphatic carbocycles. The minimum absolute atomic E-state index is 0.0162. The summed E-state index contributed by atoms with van der Waals surface area (Å²) in [5, 5.41) is 10.7. The topological polar surface area (TPSA) is 52.9 Å². The van der Waals surface area contributed by atoms with Crippen LogP contribution in [0.3, 0.4) is 0 Å². The second-order valence-electron chi connectivity index (χ2n) is 5.02. The number of benzene rings is 2. The van der Waals surface area contributed by atoms with E-state index in [1.54, 1.807) is 31.3 Å². The summed E-state index contributed by atoms with van der Waals surface area (Å²) in [4.78, 5) is 18.2. The van der Waals surface area contributed by atoms with E-state index in [0.29, 0.717) is 20.7 Å². The molecule has 3 rings (SSSR count). The van der Waals surface area contributed by atoms with Crippen LogP contribution >= 0.6 is 23.4 Å². The van der Waals surface area contributed by atoms with Crippen molar-refractivity contribution in [1.29, 1.82) is 0 Å². The lowest BCUT2D eigenvalue weighted by Crippen LogP contribution is -2.23. The molecular formula is C17H12ClFN2O2S. The van der Waals surface area contributed by atoms with Crippen LogP contribution in [0.25, 0.3) is 6.08 Å². The number of hydrogen-bond acceptors (Lipinski definition) is 4. The molecule has 24 heavy (non-hydrogen) atoms. The maximum absolute atomic E-state index is 13.7. The Bertz CT molecular complexity index is 883. The fourth-order valence-electron chi connectivity index (χ4n) is 2.08. The quantitative estimate of drug-likeness (QED) is 0.805. The van der Waals surface area contributed by atoms with Crippen molar-refractivity contribution in [2.75, 3.05) is 7.05 Å². The molecule has 122 valence electrons. The molecule has 0 saturated carbocycles. The Morgan fingerprint density at radius 1 is 1.29 bits per heavy atom. The summed E-state index contributed by atoms with van der Waals surface area (Å²) in [6.45, 7) is 0. The lowest BCUT2D eigenvalue weighted by Gasteiger charge is -2.07. The van der Waals surface area contributed by atoms with Gasteiger partial charge in [0.1, 0.15) is 17.3 Å². The molecule has 1 saturated heterocycles. The van der Waals surface area contributed by atoms with Crippen LogP contribution in [0.1, 0.15) is 5.56 Å². The SMILES string of the molecule is CN1C(=O)/C(=C\c2cc(Cl)ccc2O)SC1=Nc1ccccc1F. The monoisotopic (exact) mass is 362 g/mol. The van der Waals surface area contributed by atoms with E-state index in [9.17, 15) is 14.3 Å². The maximum Gasteiger partial charge on any atom is 0.266 e. The summed E-state index contributed by atoms with van der Waals surface area (Å²) in [7, 11) is 1.56. The number of aromatic hydroxyl groups is 1. The lowest BCUT2D eigenvalue weighted by atomic mass is 10.2. The fourth-order valence-corrected chi connectivity index (χ4v) is 3.23. The van der Waals surface area contributed by atoms with Crippen molar-refractivity contribution in [2.24, 2.45) is 4.99 Å². The molecule has 0 unspecified atom stereocenters. The van der Waals surface area contributed by atoms with Gasteiger partial charge in [-0.3, -0.25) is 9.69 Å². The predicted octanol–water partition coefficient (Wildman–Crippen LogP) is 4.42. The van der Waals surface area contributed by atoms with Crippen LogP contribution in [0.15, 0.2) is 52.4 Å². The Kier molecular flexibility index (Phi) is 4.59. The van der Waals surface area contributed by atoms with Crippen LogP contribution < -0.4 is 0 Å². The standard InChI is InChI=1S/C17H12ClFN2O2S/c1-21-16(23)15(9-10-8-11(18)6-7-14(10)22)24-17(21)20-13-5-3-2-4-12(13)19/h2-9,22H,1H3/b15-9+,20-17?. The summed E-state index contributed by atoms with van der Waals surface area (Å²) in [6.07, 6.45) is 1.54. The third-order valence-electron chi connectivity index (χ3n) is 3.35. The van der Waals surface area contributed by atoms with Gasteiger partial charge in [-0.05, 0) is 48.2 Å². The molecule has 2 aromatic rings. The van der Waals surface area contributed by atoms with Crippen LogP contribution in [0, 0.1) is 5.82 Å². The number of carbonyl (C=O) groups is 1. The van der Waals surface area contributed by atoms with Crippen molar-refractivity contribution >= 4 is 46.2 Å². The molecule has 4 nitrogen and oxygen atoms in total. The number of halogens is 2. The van der Waals surface area contributed by atoms with Gasteiger partial charge in [0.25, 0.3) is 5.91 Å². The highest BCUT2D eigenvalue weighted by Crippen LogP contribution is 2.35. The highest BCUT2D eigenvalue weighted by atomic mass is 35.5. The molecule has 1 amide bonds. The Balaban J connectivity index is 1.96. The van der Waals surface area contributed by atoms with Crippen molar-refractivity contribution in [1.82, 2.24) is 4.90 Å². The average molecular weight is 363 g/mol. The number of hydrogen-bond donors (Lipinski definition) is 1. The molecule has 7 heteroatoms. The number of phenols is 1. The summed E-state index contributed by atoms with van der Waals surface area (Å²) in [6, 6.07) is 10.7. The highest BCUT2D eigenvalue weighted by Gasteiger charge is 2.30. The van der Waals surface area contributed by atoms with E-state index in [-0.39, 0.29) is 17.3 Å². The Labute approximate surface area is 147 Å². The van der Waals surface area contributed by atoms with E-state index in [1.165, 1.54) is 29.2 Å². The van der Waals surface area contributed by atoms with Gasteiger partial charge in [-0.25, -0.2) is 9.38 Å². The second kappa shape index (κ2) is 6.67. The van der Waals surface area contributed by atoms with Crippen LogP contribution in [-0.4, -0.2) is 28.1 Å². The first-order valence-electron chi connectivity index (χ1n) is 6.95. The summed E-state index contributed by atoms with van der Waals surface area (Å²) >= 11 is 7.02. The first kappa shape index (κ1) is 16.5. The normalized spacial score (nSPS) is 18.0. The van der Waals surface area contributed by atoms with Crippen LogP contribution in [0.2, 0.25) is 5.02 Å². The van der Waals surface area contributed by atoms with Gasteiger partial charge in [-0.15, -0.1) is 0 Å². The molecule has 0 spiro atoms. The van der Waals surface area contributed by atoms with Gasteiger partial charge in [0.15, 0.2) is 5.17 Å². The van der Waals surface area contributed by atoms with Gasteiger partial charge in [0, 0.05) is 17.6 Å².